The molecule has 2 aliphatic heterocycles. The largest absolute Gasteiger partial charge is 0.490 e. The van der Waals surface area contributed by atoms with Crippen LogP contribution in [0.4, 0.5) is 0 Å². The van der Waals surface area contributed by atoms with Gasteiger partial charge in [-0.2, -0.15) is 0 Å². The molecule has 0 saturated carbocycles. The highest BCUT2D eigenvalue weighted by Gasteiger charge is 2.28. The molecule has 0 aliphatic carbocycles. The Balaban J connectivity index is 1.91. The highest BCUT2D eigenvalue weighted by Crippen LogP contribution is 2.33. The number of sulfonamides is 1. The van der Waals surface area contributed by atoms with Crippen LogP contribution in [-0.4, -0.2) is 39.3 Å². The van der Waals surface area contributed by atoms with E-state index in [4.69, 9.17) is 14.3 Å². The van der Waals surface area contributed by atoms with Gasteiger partial charge in [0.25, 0.3) is 10.0 Å². The summed E-state index contributed by atoms with van der Waals surface area (Å²) in [6.07, 6.45) is 2.48. The number of hydroxylamine groups is 1. The first-order valence-corrected chi connectivity index (χ1v) is 8.17. The third-order valence-corrected chi connectivity index (χ3v) is 4.93. The van der Waals surface area contributed by atoms with Gasteiger partial charge in [0.15, 0.2) is 11.5 Å². The van der Waals surface area contributed by atoms with Gasteiger partial charge in [-0.25, -0.2) is 8.42 Å². The topological polar surface area (TPSA) is 65.1 Å². The van der Waals surface area contributed by atoms with Crippen LogP contribution in [0.1, 0.15) is 19.3 Å². The molecular formula is C13H17NO5S. The minimum absolute atomic E-state index is 0.170. The van der Waals surface area contributed by atoms with Crippen molar-refractivity contribution in [2.75, 3.05) is 26.4 Å². The lowest BCUT2D eigenvalue weighted by molar-refractivity contribution is -0.108. The average molecular weight is 299 g/mol. The van der Waals surface area contributed by atoms with Crippen molar-refractivity contribution in [3.63, 3.8) is 0 Å². The Labute approximate surface area is 118 Å². The molecule has 2 heterocycles. The quantitative estimate of drug-likeness (QED) is 0.829. The molecule has 0 bridgehead atoms. The monoisotopic (exact) mass is 299 g/mol. The van der Waals surface area contributed by atoms with Crippen LogP contribution in [0.3, 0.4) is 0 Å². The summed E-state index contributed by atoms with van der Waals surface area (Å²) in [5, 5.41) is 0. The van der Waals surface area contributed by atoms with Crippen LogP contribution in [0.2, 0.25) is 0 Å². The standard InChI is InChI=1S/C13H17NO5S/c15-20(16,14-6-1-2-9-19-14)11-4-5-12-13(10-11)18-8-3-7-17-12/h4-5,10H,1-3,6-9H2. The van der Waals surface area contributed by atoms with E-state index in [2.05, 4.69) is 0 Å². The summed E-state index contributed by atoms with van der Waals surface area (Å²) < 4.78 is 37.0. The predicted octanol–water partition coefficient (Wildman–Crippen LogP) is 1.56. The van der Waals surface area contributed by atoms with Crippen LogP contribution < -0.4 is 9.47 Å². The zero-order chi connectivity index (χ0) is 14.0. The van der Waals surface area contributed by atoms with Gasteiger partial charge in [0.2, 0.25) is 0 Å². The predicted molar refractivity (Wildman–Crippen MR) is 71.1 cm³/mol. The van der Waals surface area contributed by atoms with Crippen molar-refractivity contribution in [3.8, 4) is 11.5 Å². The Morgan fingerprint density at radius 2 is 1.75 bits per heavy atom. The van der Waals surface area contributed by atoms with Crippen molar-refractivity contribution >= 4 is 10.0 Å². The summed E-state index contributed by atoms with van der Waals surface area (Å²) in [5.41, 5.74) is 0. The first-order valence-electron chi connectivity index (χ1n) is 6.73. The second-order valence-electron chi connectivity index (χ2n) is 4.73. The van der Waals surface area contributed by atoms with E-state index in [9.17, 15) is 8.42 Å². The van der Waals surface area contributed by atoms with Gasteiger partial charge in [-0.15, -0.1) is 0 Å². The molecule has 0 aromatic heterocycles. The molecule has 0 N–H and O–H groups in total. The fourth-order valence-corrected chi connectivity index (χ4v) is 3.50. The maximum atomic E-state index is 12.5. The zero-order valence-electron chi connectivity index (χ0n) is 11.1. The van der Waals surface area contributed by atoms with Crippen LogP contribution in [0.15, 0.2) is 23.1 Å². The number of fused-ring (bicyclic) bond motifs is 1. The normalized spacial score (nSPS) is 20.4. The van der Waals surface area contributed by atoms with E-state index in [0.717, 1.165) is 23.7 Å². The molecule has 110 valence electrons. The molecular weight excluding hydrogens is 282 g/mol. The van der Waals surface area contributed by atoms with Gasteiger partial charge in [-0.1, -0.05) is 4.47 Å². The average Bonchev–Trinajstić information content (AvgIpc) is 2.72. The first-order chi connectivity index (χ1) is 9.68. The van der Waals surface area contributed by atoms with Crippen LogP contribution in [0, 0.1) is 0 Å². The Morgan fingerprint density at radius 1 is 0.950 bits per heavy atom. The van der Waals surface area contributed by atoms with Gasteiger partial charge < -0.3 is 9.47 Å². The van der Waals surface area contributed by atoms with Crippen LogP contribution in [0.25, 0.3) is 0 Å². The highest BCUT2D eigenvalue weighted by molar-refractivity contribution is 7.89. The Morgan fingerprint density at radius 3 is 2.50 bits per heavy atom. The summed E-state index contributed by atoms with van der Waals surface area (Å²) in [7, 11) is -3.63. The molecule has 1 aromatic rings. The molecule has 1 aromatic carbocycles. The van der Waals surface area contributed by atoms with Crippen molar-refractivity contribution in [2.24, 2.45) is 0 Å². The first kappa shape index (κ1) is 13.7. The van der Waals surface area contributed by atoms with Gasteiger partial charge in [-0.3, -0.25) is 4.84 Å². The third-order valence-electron chi connectivity index (χ3n) is 3.26. The number of hydrogen-bond acceptors (Lipinski definition) is 5. The number of rotatable bonds is 2. The van der Waals surface area contributed by atoms with Gasteiger partial charge >= 0.3 is 0 Å². The molecule has 0 atom stereocenters. The molecule has 0 unspecified atom stereocenters. The Bertz CT molecular complexity index is 580. The Kier molecular flexibility index (Phi) is 3.82. The van der Waals surface area contributed by atoms with Crippen molar-refractivity contribution in [2.45, 2.75) is 24.2 Å². The van der Waals surface area contributed by atoms with Crippen LogP contribution in [-0.2, 0) is 14.9 Å². The summed E-state index contributed by atoms with van der Waals surface area (Å²) in [4.78, 5) is 5.41. The number of nitrogens with zero attached hydrogens (tertiary/aromatic N) is 1. The SMILES string of the molecule is O=S(=O)(c1ccc2c(c1)OCCCO2)N1CCCCO1. The second-order valence-corrected chi connectivity index (χ2v) is 6.56. The minimum Gasteiger partial charge on any atom is -0.490 e. The number of benzene rings is 1. The molecule has 6 nitrogen and oxygen atoms in total. The fourth-order valence-electron chi connectivity index (χ4n) is 2.19. The van der Waals surface area contributed by atoms with Gasteiger partial charge in [0.1, 0.15) is 0 Å². The molecule has 1 fully saturated rings. The maximum absolute atomic E-state index is 12.5. The molecule has 1 saturated heterocycles. The van der Waals surface area contributed by atoms with Crippen molar-refractivity contribution in [1.29, 1.82) is 0 Å². The fraction of sp³-hybridized carbons (Fsp3) is 0.538. The smallest absolute Gasteiger partial charge is 0.265 e. The number of ether oxygens (including phenoxy) is 2. The van der Waals surface area contributed by atoms with E-state index in [-0.39, 0.29) is 4.90 Å². The molecule has 0 amide bonds. The van der Waals surface area contributed by atoms with E-state index >= 15 is 0 Å². The lowest BCUT2D eigenvalue weighted by atomic mass is 10.3. The summed E-state index contributed by atoms with van der Waals surface area (Å²) in [5.74, 6) is 1.06. The molecule has 2 aliphatic rings. The van der Waals surface area contributed by atoms with Gasteiger partial charge in [0, 0.05) is 19.0 Å². The van der Waals surface area contributed by atoms with E-state index < -0.39 is 10.0 Å². The van der Waals surface area contributed by atoms with E-state index in [1.807, 2.05) is 0 Å². The molecule has 20 heavy (non-hydrogen) atoms. The molecule has 0 radical (unpaired) electrons. The second kappa shape index (κ2) is 5.59. The minimum atomic E-state index is -3.63. The van der Waals surface area contributed by atoms with E-state index in [0.29, 0.717) is 37.9 Å². The van der Waals surface area contributed by atoms with E-state index in [1.165, 1.54) is 12.1 Å². The molecule has 7 heteroatoms. The lowest BCUT2D eigenvalue weighted by Crippen LogP contribution is -2.35. The van der Waals surface area contributed by atoms with Gasteiger partial charge in [0.05, 0.1) is 24.7 Å². The summed E-state index contributed by atoms with van der Waals surface area (Å²) in [6, 6.07) is 4.67. The van der Waals surface area contributed by atoms with Crippen molar-refractivity contribution < 1.29 is 22.7 Å². The van der Waals surface area contributed by atoms with E-state index in [1.54, 1.807) is 6.07 Å². The molecule has 0 spiro atoms. The summed E-state index contributed by atoms with van der Waals surface area (Å²) >= 11 is 0. The van der Waals surface area contributed by atoms with Crippen molar-refractivity contribution in [1.82, 2.24) is 4.47 Å². The van der Waals surface area contributed by atoms with Crippen LogP contribution in [0.5, 0.6) is 11.5 Å². The Hall–Kier alpha value is -1.31. The highest BCUT2D eigenvalue weighted by atomic mass is 32.2. The zero-order valence-corrected chi connectivity index (χ0v) is 11.9. The summed E-state index contributed by atoms with van der Waals surface area (Å²) in [6.45, 7) is 1.92. The molecule has 3 rings (SSSR count). The van der Waals surface area contributed by atoms with Crippen LogP contribution >= 0.6 is 0 Å². The third kappa shape index (κ3) is 2.61. The number of hydrogen-bond donors (Lipinski definition) is 0. The van der Waals surface area contributed by atoms with Crippen molar-refractivity contribution in [3.05, 3.63) is 18.2 Å². The maximum Gasteiger partial charge on any atom is 0.265 e. The van der Waals surface area contributed by atoms with Gasteiger partial charge in [-0.05, 0) is 25.0 Å². The lowest BCUT2D eigenvalue weighted by Gasteiger charge is -2.25.